The smallest absolute Gasteiger partial charge is 0.168 e. The van der Waals surface area contributed by atoms with Crippen molar-refractivity contribution in [3.05, 3.63) is 29.6 Å². The van der Waals surface area contributed by atoms with Gasteiger partial charge in [0.25, 0.3) is 0 Å². The van der Waals surface area contributed by atoms with E-state index in [4.69, 9.17) is 0 Å². The van der Waals surface area contributed by atoms with Crippen LogP contribution in [0.4, 0.5) is 0 Å². The van der Waals surface area contributed by atoms with E-state index in [1.54, 1.807) is 6.20 Å². The van der Waals surface area contributed by atoms with Gasteiger partial charge in [-0.2, -0.15) is 0 Å². The Bertz CT molecular complexity index is 319. The molecule has 15 heavy (non-hydrogen) atoms. The van der Waals surface area contributed by atoms with Gasteiger partial charge in [0, 0.05) is 29.9 Å². The highest BCUT2D eigenvalue weighted by Crippen LogP contribution is 2.07. The van der Waals surface area contributed by atoms with E-state index in [1.807, 2.05) is 32.9 Å². The number of carbonyl (C=O) groups excluding carboxylic acids is 1. The van der Waals surface area contributed by atoms with Crippen LogP contribution < -0.4 is 5.32 Å². The van der Waals surface area contributed by atoms with Crippen molar-refractivity contribution in [1.29, 1.82) is 0 Å². The Morgan fingerprint density at radius 1 is 1.53 bits per heavy atom. The van der Waals surface area contributed by atoms with Gasteiger partial charge in [-0.3, -0.25) is 9.78 Å². The van der Waals surface area contributed by atoms with Gasteiger partial charge in [-0.05, 0) is 25.6 Å². The Morgan fingerprint density at radius 2 is 2.27 bits per heavy atom. The predicted octanol–water partition coefficient (Wildman–Crippen LogP) is 1.82. The van der Waals surface area contributed by atoms with E-state index in [2.05, 4.69) is 10.3 Å². The molecule has 1 N–H and O–H groups in total. The van der Waals surface area contributed by atoms with Crippen molar-refractivity contribution in [3.8, 4) is 0 Å². The number of hydrogen-bond acceptors (Lipinski definition) is 3. The minimum Gasteiger partial charge on any atom is -0.316 e. The standard InChI is InChI=1S/C12H18N2O/c1-4-13-7-9(2)12(15)11-6-5-10(3)14-8-11/h5-6,8-9,13H,4,7H2,1-3H3. The summed E-state index contributed by atoms with van der Waals surface area (Å²) in [4.78, 5) is 16.0. The number of Topliss-reactive ketones (excluding diaryl/α,β-unsaturated/α-hetero) is 1. The molecule has 1 aromatic heterocycles. The number of aryl methyl sites for hydroxylation is 1. The zero-order chi connectivity index (χ0) is 11.3. The highest BCUT2D eigenvalue weighted by atomic mass is 16.1. The average Bonchev–Trinajstić information content (AvgIpc) is 2.26. The molecule has 0 aliphatic rings. The van der Waals surface area contributed by atoms with Crippen LogP contribution in [-0.2, 0) is 0 Å². The Kier molecular flexibility index (Phi) is 4.43. The molecule has 0 bridgehead atoms. The monoisotopic (exact) mass is 206 g/mol. The molecule has 0 fully saturated rings. The second kappa shape index (κ2) is 5.61. The highest BCUT2D eigenvalue weighted by molar-refractivity contribution is 5.97. The van der Waals surface area contributed by atoms with Crippen LogP contribution in [0, 0.1) is 12.8 Å². The molecule has 0 aromatic carbocycles. The lowest BCUT2D eigenvalue weighted by atomic mass is 10.0. The van der Waals surface area contributed by atoms with Crippen molar-refractivity contribution in [2.24, 2.45) is 5.92 Å². The molecule has 0 saturated carbocycles. The first-order chi connectivity index (χ1) is 7.15. The van der Waals surface area contributed by atoms with Crippen LogP contribution in [-0.4, -0.2) is 23.9 Å². The van der Waals surface area contributed by atoms with E-state index in [-0.39, 0.29) is 11.7 Å². The minimum absolute atomic E-state index is 0.00876. The fraction of sp³-hybridized carbons (Fsp3) is 0.500. The summed E-state index contributed by atoms with van der Waals surface area (Å²) in [6.45, 7) is 7.50. The number of hydrogen-bond donors (Lipinski definition) is 1. The third-order valence-electron chi connectivity index (χ3n) is 2.34. The first kappa shape index (κ1) is 11.9. The Morgan fingerprint density at radius 3 is 2.80 bits per heavy atom. The lowest BCUT2D eigenvalue weighted by Crippen LogP contribution is -2.26. The number of pyridine rings is 1. The number of ketones is 1. The predicted molar refractivity (Wildman–Crippen MR) is 61.0 cm³/mol. The van der Waals surface area contributed by atoms with E-state index in [9.17, 15) is 4.79 Å². The number of nitrogens with zero attached hydrogens (tertiary/aromatic N) is 1. The van der Waals surface area contributed by atoms with Crippen LogP contribution in [0.15, 0.2) is 18.3 Å². The minimum atomic E-state index is 0.00876. The van der Waals surface area contributed by atoms with Crippen molar-refractivity contribution < 1.29 is 4.79 Å². The summed E-state index contributed by atoms with van der Waals surface area (Å²) in [5.41, 5.74) is 1.64. The summed E-state index contributed by atoms with van der Waals surface area (Å²) in [6.07, 6.45) is 1.65. The highest BCUT2D eigenvalue weighted by Gasteiger charge is 2.14. The summed E-state index contributed by atoms with van der Waals surface area (Å²) in [5.74, 6) is 0.165. The molecule has 1 unspecified atom stereocenters. The van der Waals surface area contributed by atoms with E-state index >= 15 is 0 Å². The third kappa shape index (κ3) is 3.44. The van der Waals surface area contributed by atoms with Crippen LogP contribution in [0.5, 0.6) is 0 Å². The molecule has 0 aliphatic carbocycles. The van der Waals surface area contributed by atoms with Crippen LogP contribution in [0.3, 0.4) is 0 Å². The largest absolute Gasteiger partial charge is 0.316 e. The lowest BCUT2D eigenvalue weighted by molar-refractivity contribution is 0.0929. The van der Waals surface area contributed by atoms with E-state index in [1.165, 1.54) is 0 Å². The molecule has 3 nitrogen and oxygen atoms in total. The van der Waals surface area contributed by atoms with Crippen molar-refractivity contribution in [2.75, 3.05) is 13.1 Å². The van der Waals surface area contributed by atoms with Gasteiger partial charge < -0.3 is 5.32 Å². The molecule has 3 heteroatoms. The van der Waals surface area contributed by atoms with Gasteiger partial charge in [0.05, 0.1) is 0 Å². The van der Waals surface area contributed by atoms with Gasteiger partial charge in [0.15, 0.2) is 5.78 Å². The van der Waals surface area contributed by atoms with Gasteiger partial charge >= 0.3 is 0 Å². The van der Waals surface area contributed by atoms with Crippen molar-refractivity contribution >= 4 is 5.78 Å². The first-order valence-corrected chi connectivity index (χ1v) is 5.32. The van der Waals surface area contributed by atoms with E-state index in [0.717, 1.165) is 18.8 Å². The molecule has 1 rings (SSSR count). The first-order valence-electron chi connectivity index (χ1n) is 5.32. The maximum atomic E-state index is 11.9. The van der Waals surface area contributed by atoms with E-state index < -0.39 is 0 Å². The maximum Gasteiger partial charge on any atom is 0.168 e. The number of carbonyl (C=O) groups is 1. The molecule has 0 radical (unpaired) electrons. The summed E-state index contributed by atoms with van der Waals surface area (Å²) in [6, 6.07) is 3.71. The summed E-state index contributed by atoms with van der Waals surface area (Å²) in [5, 5.41) is 3.17. The number of aromatic nitrogens is 1. The third-order valence-corrected chi connectivity index (χ3v) is 2.34. The molecular weight excluding hydrogens is 188 g/mol. The van der Waals surface area contributed by atoms with Crippen LogP contribution in [0.2, 0.25) is 0 Å². The Balaban J connectivity index is 2.63. The molecule has 0 saturated heterocycles. The molecule has 0 amide bonds. The Hall–Kier alpha value is -1.22. The molecule has 0 spiro atoms. The molecular formula is C12H18N2O. The topological polar surface area (TPSA) is 42.0 Å². The lowest BCUT2D eigenvalue weighted by Gasteiger charge is -2.10. The fourth-order valence-electron chi connectivity index (χ4n) is 1.35. The zero-order valence-electron chi connectivity index (χ0n) is 9.58. The average molecular weight is 206 g/mol. The van der Waals surface area contributed by atoms with Crippen LogP contribution in [0.25, 0.3) is 0 Å². The van der Waals surface area contributed by atoms with Crippen molar-refractivity contribution in [1.82, 2.24) is 10.3 Å². The normalized spacial score (nSPS) is 12.5. The van der Waals surface area contributed by atoms with Gasteiger partial charge in [0.2, 0.25) is 0 Å². The fourth-order valence-corrected chi connectivity index (χ4v) is 1.35. The van der Waals surface area contributed by atoms with Gasteiger partial charge in [-0.25, -0.2) is 0 Å². The summed E-state index contributed by atoms with van der Waals surface area (Å²) in [7, 11) is 0. The second-order valence-electron chi connectivity index (χ2n) is 3.76. The number of nitrogens with one attached hydrogen (secondary N) is 1. The molecule has 1 heterocycles. The van der Waals surface area contributed by atoms with Crippen molar-refractivity contribution in [2.45, 2.75) is 20.8 Å². The van der Waals surface area contributed by atoms with Crippen LogP contribution in [0.1, 0.15) is 29.9 Å². The summed E-state index contributed by atoms with van der Waals surface area (Å²) < 4.78 is 0. The van der Waals surface area contributed by atoms with Crippen molar-refractivity contribution in [3.63, 3.8) is 0 Å². The molecule has 1 aromatic rings. The number of rotatable bonds is 5. The molecule has 0 aliphatic heterocycles. The summed E-state index contributed by atoms with van der Waals surface area (Å²) >= 11 is 0. The quantitative estimate of drug-likeness (QED) is 0.747. The Labute approximate surface area is 90.9 Å². The zero-order valence-corrected chi connectivity index (χ0v) is 9.58. The van der Waals surface area contributed by atoms with Gasteiger partial charge in [0.1, 0.15) is 0 Å². The van der Waals surface area contributed by atoms with Gasteiger partial charge in [-0.1, -0.05) is 13.8 Å². The second-order valence-corrected chi connectivity index (χ2v) is 3.76. The van der Waals surface area contributed by atoms with Gasteiger partial charge in [-0.15, -0.1) is 0 Å². The molecule has 82 valence electrons. The molecule has 1 atom stereocenters. The van der Waals surface area contributed by atoms with E-state index in [0.29, 0.717) is 5.56 Å². The van der Waals surface area contributed by atoms with Crippen LogP contribution >= 0.6 is 0 Å². The maximum absolute atomic E-state index is 11.9. The SMILES string of the molecule is CCNCC(C)C(=O)c1ccc(C)nc1.